The van der Waals surface area contributed by atoms with Crippen molar-refractivity contribution < 1.29 is 0 Å². The Bertz CT molecular complexity index is 511. The number of aromatic nitrogens is 4. The highest BCUT2D eigenvalue weighted by Gasteiger charge is 2.04. The number of anilines is 1. The summed E-state index contributed by atoms with van der Waals surface area (Å²) in [6.45, 7) is 3.29. The minimum Gasteiger partial charge on any atom is -0.349 e. The molecule has 0 saturated carbocycles. The zero-order valence-electron chi connectivity index (χ0n) is 9.19. The van der Waals surface area contributed by atoms with Gasteiger partial charge in [0.25, 0.3) is 0 Å². The topological polar surface area (TPSA) is 55.6 Å². The molecule has 1 aromatic heterocycles. The summed E-state index contributed by atoms with van der Waals surface area (Å²) in [7, 11) is 0. The van der Waals surface area contributed by atoms with Gasteiger partial charge in [0, 0.05) is 13.1 Å². The maximum absolute atomic E-state index is 5.93. The average Bonchev–Trinajstić information content (AvgIpc) is 2.78. The third-order valence-corrected chi connectivity index (χ3v) is 3.01. The van der Waals surface area contributed by atoms with Crippen LogP contribution in [0.25, 0.3) is 0 Å². The van der Waals surface area contributed by atoms with E-state index in [1.165, 1.54) is 0 Å². The number of nitrogens with one attached hydrogen (secondary N) is 1. The highest BCUT2D eigenvalue weighted by molar-refractivity contribution is 6.42. The minimum atomic E-state index is 0.543. The molecule has 0 spiro atoms. The molecule has 7 heteroatoms. The Labute approximate surface area is 109 Å². The molecule has 5 nitrogen and oxygen atoms in total. The van der Waals surface area contributed by atoms with Gasteiger partial charge in [0.2, 0.25) is 5.95 Å². The van der Waals surface area contributed by atoms with Crippen molar-refractivity contribution >= 4 is 29.2 Å². The van der Waals surface area contributed by atoms with Gasteiger partial charge in [0.1, 0.15) is 0 Å². The second kappa shape index (κ2) is 5.33. The van der Waals surface area contributed by atoms with E-state index in [2.05, 4.69) is 20.8 Å². The number of nitrogens with zero attached hydrogens (tertiary/aromatic N) is 4. The van der Waals surface area contributed by atoms with Gasteiger partial charge in [0.15, 0.2) is 0 Å². The van der Waals surface area contributed by atoms with E-state index in [9.17, 15) is 0 Å². The molecule has 0 fully saturated rings. The van der Waals surface area contributed by atoms with Gasteiger partial charge < -0.3 is 5.32 Å². The van der Waals surface area contributed by atoms with Gasteiger partial charge >= 0.3 is 0 Å². The third-order valence-electron chi connectivity index (χ3n) is 2.27. The molecule has 0 unspecified atom stereocenters. The van der Waals surface area contributed by atoms with Crippen LogP contribution >= 0.6 is 23.2 Å². The first-order valence-electron chi connectivity index (χ1n) is 5.14. The largest absolute Gasteiger partial charge is 0.349 e. The molecule has 1 heterocycles. The van der Waals surface area contributed by atoms with E-state index in [1.807, 2.05) is 19.1 Å². The summed E-state index contributed by atoms with van der Waals surface area (Å²) in [5.74, 6) is 0.638. The number of hydrogen-bond donors (Lipinski definition) is 1. The van der Waals surface area contributed by atoms with Gasteiger partial charge in [0.05, 0.1) is 10.0 Å². The van der Waals surface area contributed by atoms with Crippen molar-refractivity contribution in [3.63, 3.8) is 0 Å². The van der Waals surface area contributed by atoms with Crippen LogP contribution in [-0.4, -0.2) is 20.2 Å². The van der Waals surface area contributed by atoms with E-state index in [0.29, 0.717) is 22.5 Å². The number of halogens is 2. The van der Waals surface area contributed by atoms with E-state index in [1.54, 1.807) is 10.7 Å². The SMILES string of the molecule is CCn1nnnc1NCc1ccc(Cl)c(Cl)c1. The van der Waals surface area contributed by atoms with Gasteiger partial charge in [-0.05, 0) is 35.0 Å². The Hall–Kier alpha value is -1.33. The first kappa shape index (κ1) is 12.1. The van der Waals surface area contributed by atoms with Crippen molar-refractivity contribution in [2.24, 2.45) is 0 Å². The van der Waals surface area contributed by atoms with Crippen LogP contribution in [0.3, 0.4) is 0 Å². The molecule has 0 bridgehead atoms. The lowest BCUT2D eigenvalue weighted by Gasteiger charge is -2.06. The van der Waals surface area contributed by atoms with Crippen LogP contribution in [0.2, 0.25) is 10.0 Å². The fraction of sp³-hybridized carbons (Fsp3) is 0.300. The molecule has 2 rings (SSSR count). The Kier molecular flexibility index (Phi) is 3.81. The molecule has 17 heavy (non-hydrogen) atoms. The van der Waals surface area contributed by atoms with Gasteiger partial charge in [-0.2, -0.15) is 0 Å². The highest BCUT2D eigenvalue weighted by atomic mass is 35.5. The predicted octanol–water partition coefficient (Wildman–Crippen LogP) is 2.61. The van der Waals surface area contributed by atoms with Crippen LogP contribution in [-0.2, 0) is 13.1 Å². The van der Waals surface area contributed by atoms with E-state index < -0.39 is 0 Å². The molecular formula is C10H11Cl2N5. The van der Waals surface area contributed by atoms with Crippen LogP contribution in [0.4, 0.5) is 5.95 Å². The Morgan fingerprint density at radius 3 is 2.82 bits per heavy atom. The van der Waals surface area contributed by atoms with Crippen LogP contribution in [0.1, 0.15) is 12.5 Å². The molecule has 1 aromatic carbocycles. The monoisotopic (exact) mass is 271 g/mol. The molecule has 0 aliphatic carbocycles. The molecule has 0 saturated heterocycles. The van der Waals surface area contributed by atoms with Gasteiger partial charge in [-0.15, -0.1) is 0 Å². The summed E-state index contributed by atoms with van der Waals surface area (Å²) in [5.41, 5.74) is 1.02. The van der Waals surface area contributed by atoms with Crippen molar-refractivity contribution in [1.29, 1.82) is 0 Å². The van der Waals surface area contributed by atoms with E-state index in [-0.39, 0.29) is 0 Å². The smallest absolute Gasteiger partial charge is 0.243 e. The fourth-order valence-corrected chi connectivity index (χ4v) is 1.70. The zero-order chi connectivity index (χ0) is 12.3. The Balaban J connectivity index is 2.05. The predicted molar refractivity (Wildman–Crippen MR) is 67.3 cm³/mol. The molecule has 0 atom stereocenters. The first-order valence-corrected chi connectivity index (χ1v) is 5.90. The standard InChI is InChI=1S/C10H11Cl2N5/c1-2-17-10(14-15-16-17)13-6-7-3-4-8(11)9(12)5-7/h3-5H,2,6H2,1H3,(H,13,14,16). The minimum absolute atomic E-state index is 0.543. The average molecular weight is 272 g/mol. The number of hydrogen-bond acceptors (Lipinski definition) is 4. The zero-order valence-corrected chi connectivity index (χ0v) is 10.7. The number of benzene rings is 1. The highest BCUT2D eigenvalue weighted by Crippen LogP contribution is 2.22. The lowest BCUT2D eigenvalue weighted by molar-refractivity contribution is 0.629. The molecule has 0 amide bonds. The summed E-state index contributed by atoms with van der Waals surface area (Å²) in [5, 5.41) is 15.5. The summed E-state index contributed by atoms with van der Waals surface area (Å²) in [6.07, 6.45) is 0. The number of aryl methyl sites for hydroxylation is 1. The lowest BCUT2D eigenvalue weighted by Crippen LogP contribution is -2.07. The lowest BCUT2D eigenvalue weighted by atomic mass is 10.2. The molecule has 0 radical (unpaired) electrons. The molecule has 1 N–H and O–H groups in total. The Morgan fingerprint density at radius 2 is 2.12 bits per heavy atom. The van der Waals surface area contributed by atoms with E-state index >= 15 is 0 Å². The molecule has 0 aliphatic heterocycles. The summed E-state index contributed by atoms with van der Waals surface area (Å²) < 4.78 is 1.68. The van der Waals surface area contributed by atoms with Gasteiger partial charge in [-0.25, -0.2) is 4.68 Å². The summed E-state index contributed by atoms with van der Waals surface area (Å²) in [6, 6.07) is 5.49. The quantitative estimate of drug-likeness (QED) is 0.929. The normalized spacial score (nSPS) is 10.5. The van der Waals surface area contributed by atoms with Crippen molar-refractivity contribution in [2.45, 2.75) is 20.0 Å². The maximum Gasteiger partial charge on any atom is 0.243 e. The van der Waals surface area contributed by atoms with Crippen molar-refractivity contribution in [3.05, 3.63) is 33.8 Å². The number of rotatable bonds is 4. The van der Waals surface area contributed by atoms with Crippen LogP contribution in [0.5, 0.6) is 0 Å². The second-order valence-corrected chi connectivity index (χ2v) is 4.23. The van der Waals surface area contributed by atoms with Gasteiger partial charge in [-0.1, -0.05) is 34.4 Å². The first-order chi connectivity index (χ1) is 8.20. The van der Waals surface area contributed by atoms with Gasteiger partial charge in [-0.3, -0.25) is 0 Å². The second-order valence-electron chi connectivity index (χ2n) is 3.42. The fourth-order valence-electron chi connectivity index (χ4n) is 1.37. The van der Waals surface area contributed by atoms with Crippen molar-refractivity contribution in [1.82, 2.24) is 20.2 Å². The van der Waals surface area contributed by atoms with Crippen LogP contribution < -0.4 is 5.32 Å². The summed E-state index contributed by atoms with van der Waals surface area (Å²) >= 11 is 11.8. The summed E-state index contributed by atoms with van der Waals surface area (Å²) in [4.78, 5) is 0. The maximum atomic E-state index is 5.93. The molecule has 90 valence electrons. The van der Waals surface area contributed by atoms with E-state index in [0.717, 1.165) is 12.1 Å². The van der Waals surface area contributed by atoms with Crippen molar-refractivity contribution in [3.8, 4) is 0 Å². The number of tetrazole rings is 1. The van der Waals surface area contributed by atoms with Crippen molar-refractivity contribution in [2.75, 3.05) is 5.32 Å². The Morgan fingerprint density at radius 1 is 1.29 bits per heavy atom. The molecule has 0 aliphatic rings. The van der Waals surface area contributed by atoms with E-state index in [4.69, 9.17) is 23.2 Å². The van der Waals surface area contributed by atoms with Crippen LogP contribution in [0, 0.1) is 0 Å². The third kappa shape index (κ3) is 2.87. The molecule has 2 aromatic rings. The van der Waals surface area contributed by atoms with Crippen LogP contribution in [0.15, 0.2) is 18.2 Å². The molecular weight excluding hydrogens is 261 g/mol.